The second-order valence-electron chi connectivity index (χ2n) is 9.81. The van der Waals surface area contributed by atoms with E-state index in [-0.39, 0.29) is 0 Å². The van der Waals surface area contributed by atoms with Crippen molar-refractivity contribution in [2.24, 2.45) is 13.0 Å². The van der Waals surface area contributed by atoms with Crippen molar-refractivity contribution in [3.8, 4) is 11.1 Å². The molecule has 4 heterocycles. The van der Waals surface area contributed by atoms with E-state index in [2.05, 4.69) is 58.3 Å². The first-order chi connectivity index (χ1) is 16.2. The number of nitrogens with one attached hydrogen (secondary N) is 1. The Morgan fingerprint density at radius 2 is 1.79 bits per heavy atom. The summed E-state index contributed by atoms with van der Waals surface area (Å²) in [6.45, 7) is 2.21. The van der Waals surface area contributed by atoms with E-state index in [0.717, 1.165) is 25.4 Å². The van der Waals surface area contributed by atoms with Crippen LogP contribution in [0.25, 0.3) is 32.9 Å². The average molecular weight is 441 g/mol. The maximum absolute atomic E-state index is 6.27. The van der Waals surface area contributed by atoms with E-state index in [1.165, 1.54) is 70.7 Å². The maximum atomic E-state index is 6.27. The molecular weight excluding hydrogens is 408 g/mol. The van der Waals surface area contributed by atoms with Gasteiger partial charge in [0.05, 0.1) is 17.7 Å². The molecule has 0 amide bonds. The highest BCUT2D eigenvalue weighted by Crippen LogP contribution is 2.35. The van der Waals surface area contributed by atoms with E-state index in [4.69, 9.17) is 9.72 Å². The van der Waals surface area contributed by atoms with Gasteiger partial charge in [0, 0.05) is 53.2 Å². The zero-order valence-corrected chi connectivity index (χ0v) is 19.3. The summed E-state index contributed by atoms with van der Waals surface area (Å²) in [5, 5.41) is 5.86. The predicted octanol–water partition coefficient (Wildman–Crippen LogP) is 5.27. The molecular formula is C28H32N4O. The van der Waals surface area contributed by atoms with Crippen LogP contribution in [0.1, 0.15) is 37.8 Å². The number of piperidine rings is 1. The molecule has 0 unspecified atom stereocenters. The van der Waals surface area contributed by atoms with Gasteiger partial charge in [0.15, 0.2) is 0 Å². The number of nitrogens with zero attached hydrogens (tertiary/aromatic N) is 3. The highest BCUT2D eigenvalue weighted by molar-refractivity contribution is 6.08. The summed E-state index contributed by atoms with van der Waals surface area (Å²) in [5.41, 5.74) is 6.01. The standard InChI is InChI=1S/C28H32N4O/c1-32-27-10-13-30-18-26(27)25-7-4-20(16-28(25)32)21-3-6-22(31-17-21)5-2-19-14-24(15-19)33-23-8-11-29-12-9-23/h3-4,6-7,10,13,16-19,23-24,29H,2,5,8-9,11-12,14-15H2,1H3. The second-order valence-corrected chi connectivity index (χ2v) is 9.81. The van der Waals surface area contributed by atoms with E-state index < -0.39 is 0 Å². The number of aryl methyl sites for hydroxylation is 2. The Morgan fingerprint density at radius 1 is 0.939 bits per heavy atom. The van der Waals surface area contributed by atoms with Crippen molar-refractivity contribution < 1.29 is 4.74 Å². The molecule has 4 aromatic rings. The molecule has 2 aliphatic rings. The van der Waals surface area contributed by atoms with Crippen LogP contribution in [0.4, 0.5) is 0 Å². The number of rotatable bonds is 6. The Bertz CT molecular complexity index is 1250. The van der Waals surface area contributed by atoms with Crippen LogP contribution in [0.15, 0.2) is 55.0 Å². The van der Waals surface area contributed by atoms with Crippen LogP contribution in [0.2, 0.25) is 0 Å². The first kappa shape index (κ1) is 20.8. The molecule has 0 radical (unpaired) electrons. The zero-order valence-electron chi connectivity index (χ0n) is 19.3. The Kier molecular flexibility index (Phi) is 5.60. The van der Waals surface area contributed by atoms with Crippen molar-refractivity contribution in [2.45, 2.75) is 50.7 Å². The minimum atomic E-state index is 0.483. The van der Waals surface area contributed by atoms with Crippen molar-refractivity contribution in [3.05, 3.63) is 60.7 Å². The first-order valence-electron chi connectivity index (χ1n) is 12.4. The first-order valence-corrected chi connectivity index (χ1v) is 12.4. The van der Waals surface area contributed by atoms with Gasteiger partial charge in [0.2, 0.25) is 0 Å². The predicted molar refractivity (Wildman–Crippen MR) is 133 cm³/mol. The van der Waals surface area contributed by atoms with Crippen LogP contribution in [0.5, 0.6) is 0 Å². The van der Waals surface area contributed by atoms with Gasteiger partial charge in [-0.05, 0) is 81.3 Å². The van der Waals surface area contributed by atoms with Crippen molar-refractivity contribution in [3.63, 3.8) is 0 Å². The molecule has 5 heteroatoms. The van der Waals surface area contributed by atoms with Gasteiger partial charge in [-0.15, -0.1) is 0 Å². The molecule has 1 saturated heterocycles. The van der Waals surface area contributed by atoms with Crippen LogP contribution < -0.4 is 5.32 Å². The average Bonchev–Trinajstić information content (AvgIpc) is 3.13. The van der Waals surface area contributed by atoms with Crippen LogP contribution >= 0.6 is 0 Å². The lowest BCUT2D eigenvalue weighted by molar-refractivity contribution is -0.0855. The fourth-order valence-corrected chi connectivity index (χ4v) is 5.55. The summed E-state index contributed by atoms with van der Waals surface area (Å²) >= 11 is 0. The molecule has 0 atom stereocenters. The van der Waals surface area contributed by atoms with E-state index in [1.54, 1.807) is 0 Å². The Labute approximate surface area is 195 Å². The highest BCUT2D eigenvalue weighted by Gasteiger charge is 2.31. The lowest BCUT2D eigenvalue weighted by Crippen LogP contribution is -2.39. The van der Waals surface area contributed by atoms with Crippen molar-refractivity contribution in [2.75, 3.05) is 13.1 Å². The molecule has 1 aromatic carbocycles. The summed E-state index contributed by atoms with van der Waals surface area (Å²) in [6.07, 6.45) is 13.9. The topological polar surface area (TPSA) is 52.0 Å². The molecule has 33 heavy (non-hydrogen) atoms. The number of benzene rings is 1. The van der Waals surface area contributed by atoms with Gasteiger partial charge in [-0.25, -0.2) is 0 Å². The Morgan fingerprint density at radius 3 is 2.61 bits per heavy atom. The van der Waals surface area contributed by atoms with Crippen LogP contribution in [-0.4, -0.2) is 39.8 Å². The molecule has 2 fully saturated rings. The smallest absolute Gasteiger partial charge is 0.0603 e. The number of hydrogen-bond donors (Lipinski definition) is 1. The lowest BCUT2D eigenvalue weighted by Gasteiger charge is -2.38. The molecule has 6 rings (SSSR count). The number of ether oxygens (including phenoxy) is 1. The van der Waals surface area contributed by atoms with Crippen molar-refractivity contribution >= 4 is 21.8 Å². The van der Waals surface area contributed by atoms with E-state index in [1.807, 2.05) is 18.6 Å². The summed E-state index contributed by atoms with van der Waals surface area (Å²) in [7, 11) is 2.12. The summed E-state index contributed by atoms with van der Waals surface area (Å²) < 4.78 is 8.52. The third kappa shape index (κ3) is 4.16. The molecule has 0 spiro atoms. The second kappa shape index (κ2) is 8.88. The van der Waals surface area contributed by atoms with Gasteiger partial charge in [0.25, 0.3) is 0 Å². The summed E-state index contributed by atoms with van der Waals surface area (Å²) in [6, 6.07) is 13.2. The minimum Gasteiger partial charge on any atom is -0.375 e. The molecule has 1 aliphatic carbocycles. The zero-order chi connectivity index (χ0) is 22.2. The fourth-order valence-electron chi connectivity index (χ4n) is 5.55. The number of hydrogen-bond acceptors (Lipinski definition) is 4. The van der Waals surface area contributed by atoms with E-state index in [9.17, 15) is 0 Å². The van der Waals surface area contributed by atoms with E-state index in [0.29, 0.717) is 12.2 Å². The minimum absolute atomic E-state index is 0.483. The number of fused-ring (bicyclic) bond motifs is 3. The number of aromatic nitrogens is 3. The van der Waals surface area contributed by atoms with Gasteiger partial charge in [-0.1, -0.05) is 18.2 Å². The molecule has 1 saturated carbocycles. The summed E-state index contributed by atoms with van der Waals surface area (Å²) in [5.74, 6) is 0.793. The van der Waals surface area contributed by atoms with Gasteiger partial charge < -0.3 is 14.6 Å². The van der Waals surface area contributed by atoms with Crippen molar-refractivity contribution in [1.82, 2.24) is 19.9 Å². The largest absolute Gasteiger partial charge is 0.375 e. The van der Waals surface area contributed by atoms with Gasteiger partial charge in [0.1, 0.15) is 0 Å². The highest BCUT2D eigenvalue weighted by atomic mass is 16.5. The normalized spacial score (nSPS) is 21.5. The van der Waals surface area contributed by atoms with Crippen LogP contribution in [0, 0.1) is 5.92 Å². The SMILES string of the molecule is Cn1c2ccncc2c2ccc(-c3ccc(CCC4CC(OC5CCNCC5)C4)nc3)cc21. The third-order valence-electron chi connectivity index (χ3n) is 7.64. The van der Waals surface area contributed by atoms with Crippen LogP contribution in [0.3, 0.4) is 0 Å². The molecule has 1 aliphatic heterocycles. The van der Waals surface area contributed by atoms with E-state index >= 15 is 0 Å². The quantitative estimate of drug-likeness (QED) is 0.444. The van der Waals surface area contributed by atoms with Gasteiger partial charge in [-0.3, -0.25) is 9.97 Å². The summed E-state index contributed by atoms with van der Waals surface area (Å²) in [4.78, 5) is 9.09. The molecule has 5 nitrogen and oxygen atoms in total. The lowest BCUT2D eigenvalue weighted by atomic mass is 9.79. The molecule has 0 bridgehead atoms. The Hall–Kier alpha value is -2.76. The number of pyridine rings is 2. The van der Waals surface area contributed by atoms with Crippen molar-refractivity contribution in [1.29, 1.82) is 0 Å². The van der Waals surface area contributed by atoms with Crippen LogP contribution in [-0.2, 0) is 18.2 Å². The van der Waals surface area contributed by atoms with Gasteiger partial charge >= 0.3 is 0 Å². The monoisotopic (exact) mass is 440 g/mol. The third-order valence-corrected chi connectivity index (χ3v) is 7.64. The maximum Gasteiger partial charge on any atom is 0.0603 e. The Balaban J connectivity index is 1.07. The fraction of sp³-hybridized carbons (Fsp3) is 0.429. The molecule has 1 N–H and O–H groups in total. The van der Waals surface area contributed by atoms with Gasteiger partial charge in [-0.2, -0.15) is 0 Å². The molecule has 3 aromatic heterocycles. The molecule has 170 valence electrons.